The van der Waals surface area contributed by atoms with E-state index in [0.29, 0.717) is 18.8 Å². The Hall–Kier alpha value is -1.86. The molecule has 2 aromatic rings. The zero-order chi connectivity index (χ0) is 14.8. The van der Waals surface area contributed by atoms with Gasteiger partial charge in [0.15, 0.2) is 5.13 Å². The van der Waals surface area contributed by atoms with E-state index in [1.165, 1.54) is 0 Å². The molecule has 0 amide bonds. The Bertz CT molecular complexity index is 642. The number of nitrogens with zero attached hydrogens (tertiary/aromatic N) is 4. The van der Waals surface area contributed by atoms with Crippen molar-refractivity contribution in [2.45, 2.75) is 0 Å². The molecular weight excluding hydrogens is 312 g/mol. The second-order valence-corrected chi connectivity index (χ2v) is 5.93. The number of nitro benzene ring substituents is 1. The standard InChI is InChI=1S/C13H13ClN4O2S/c14-10-2-1-3-11(12(10)18(19)20)16-5-7-17(8-6-16)13-15-4-9-21-13/h1-4,9H,5-8H2. The van der Waals surface area contributed by atoms with Crippen LogP contribution in [0.5, 0.6) is 0 Å². The van der Waals surface area contributed by atoms with E-state index in [0.717, 1.165) is 18.2 Å². The molecule has 0 spiro atoms. The number of piperazine rings is 1. The first-order valence-electron chi connectivity index (χ1n) is 6.49. The van der Waals surface area contributed by atoms with Crippen molar-refractivity contribution in [3.63, 3.8) is 0 Å². The summed E-state index contributed by atoms with van der Waals surface area (Å²) in [6.07, 6.45) is 1.79. The zero-order valence-electron chi connectivity index (χ0n) is 11.1. The average Bonchev–Trinajstić information content (AvgIpc) is 3.01. The molecule has 0 bridgehead atoms. The lowest BCUT2D eigenvalue weighted by atomic mass is 10.2. The molecule has 0 saturated carbocycles. The molecule has 8 heteroatoms. The Balaban J connectivity index is 1.78. The molecule has 0 N–H and O–H groups in total. The highest BCUT2D eigenvalue weighted by Crippen LogP contribution is 2.35. The summed E-state index contributed by atoms with van der Waals surface area (Å²) in [6.45, 7) is 3.00. The Morgan fingerprint density at radius 3 is 2.57 bits per heavy atom. The summed E-state index contributed by atoms with van der Waals surface area (Å²) in [5.41, 5.74) is 0.577. The first-order valence-corrected chi connectivity index (χ1v) is 7.75. The summed E-state index contributed by atoms with van der Waals surface area (Å²) in [5.74, 6) is 0. The van der Waals surface area contributed by atoms with Gasteiger partial charge in [-0.3, -0.25) is 10.1 Å². The number of rotatable bonds is 3. The maximum Gasteiger partial charge on any atom is 0.310 e. The zero-order valence-corrected chi connectivity index (χ0v) is 12.7. The van der Waals surface area contributed by atoms with Gasteiger partial charge in [-0.05, 0) is 12.1 Å². The van der Waals surface area contributed by atoms with Crippen LogP contribution in [0.25, 0.3) is 0 Å². The maximum atomic E-state index is 11.2. The summed E-state index contributed by atoms with van der Waals surface area (Å²) in [6, 6.07) is 5.05. The predicted octanol–water partition coefficient (Wildman–Crippen LogP) is 3.03. The molecule has 1 aliphatic heterocycles. The number of aromatic nitrogens is 1. The molecule has 1 aliphatic rings. The minimum absolute atomic E-state index is 0.0122. The molecule has 3 rings (SSSR count). The molecule has 0 radical (unpaired) electrons. The Kier molecular flexibility index (Phi) is 3.94. The van der Waals surface area contributed by atoms with E-state index in [9.17, 15) is 10.1 Å². The van der Waals surface area contributed by atoms with Crippen LogP contribution in [0, 0.1) is 10.1 Å². The molecule has 0 aliphatic carbocycles. The van der Waals surface area contributed by atoms with Gasteiger partial charge in [-0.25, -0.2) is 4.98 Å². The maximum absolute atomic E-state index is 11.2. The molecule has 1 fully saturated rings. The van der Waals surface area contributed by atoms with Crippen molar-refractivity contribution in [3.05, 3.63) is 44.9 Å². The van der Waals surface area contributed by atoms with Crippen molar-refractivity contribution in [1.29, 1.82) is 0 Å². The van der Waals surface area contributed by atoms with Gasteiger partial charge in [-0.2, -0.15) is 0 Å². The summed E-state index contributed by atoms with van der Waals surface area (Å²) in [7, 11) is 0. The number of anilines is 2. The summed E-state index contributed by atoms with van der Waals surface area (Å²) >= 11 is 7.57. The van der Waals surface area contributed by atoms with E-state index < -0.39 is 4.92 Å². The van der Waals surface area contributed by atoms with Gasteiger partial charge in [0, 0.05) is 37.8 Å². The second-order valence-electron chi connectivity index (χ2n) is 4.65. The van der Waals surface area contributed by atoms with Crippen molar-refractivity contribution >= 4 is 39.4 Å². The fourth-order valence-corrected chi connectivity index (χ4v) is 3.39. The fraction of sp³-hybridized carbons (Fsp3) is 0.308. The summed E-state index contributed by atoms with van der Waals surface area (Å²) in [5, 5.41) is 14.3. The van der Waals surface area contributed by atoms with Gasteiger partial charge in [-0.15, -0.1) is 11.3 Å². The van der Waals surface area contributed by atoms with Crippen molar-refractivity contribution in [1.82, 2.24) is 4.98 Å². The lowest BCUT2D eigenvalue weighted by Gasteiger charge is -2.35. The Morgan fingerprint density at radius 2 is 1.95 bits per heavy atom. The van der Waals surface area contributed by atoms with Crippen LogP contribution in [0.2, 0.25) is 5.02 Å². The number of para-hydroxylation sites is 1. The van der Waals surface area contributed by atoms with E-state index in [1.54, 1.807) is 35.7 Å². The van der Waals surface area contributed by atoms with Gasteiger partial charge in [-0.1, -0.05) is 17.7 Å². The molecule has 1 aromatic carbocycles. The highest BCUT2D eigenvalue weighted by Gasteiger charge is 2.26. The molecule has 110 valence electrons. The predicted molar refractivity (Wildman–Crippen MR) is 84.6 cm³/mol. The van der Waals surface area contributed by atoms with Crippen LogP contribution in [0.4, 0.5) is 16.5 Å². The number of thiazole rings is 1. The minimum Gasteiger partial charge on any atom is -0.362 e. The van der Waals surface area contributed by atoms with E-state index in [1.807, 2.05) is 10.3 Å². The van der Waals surface area contributed by atoms with Crippen LogP contribution >= 0.6 is 22.9 Å². The second kappa shape index (κ2) is 5.87. The van der Waals surface area contributed by atoms with Crippen LogP contribution in [-0.2, 0) is 0 Å². The van der Waals surface area contributed by atoms with Crippen molar-refractivity contribution in [2.24, 2.45) is 0 Å². The molecule has 6 nitrogen and oxygen atoms in total. The number of halogens is 1. The largest absolute Gasteiger partial charge is 0.362 e. The highest BCUT2D eigenvalue weighted by atomic mass is 35.5. The van der Waals surface area contributed by atoms with Gasteiger partial charge in [0.2, 0.25) is 0 Å². The van der Waals surface area contributed by atoms with Crippen molar-refractivity contribution in [2.75, 3.05) is 36.0 Å². The number of benzene rings is 1. The van der Waals surface area contributed by atoms with Crippen molar-refractivity contribution < 1.29 is 4.92 Å². The van der Waals surface area contributed by atoms with Gasteiger partial charge < -0.3 is 9.80 Å². The third-order valence-electron chi connectivity index (χ3n) is 3.46. The van der Waals surface area contributed by atoms with Gasteiger partial charge in [0.1, 0.15) is 10.7 Å². The SMILES string of the molecule is O=[N+]([O-])c1c(Cl)cccc1N1CCN(c2nccs2)CC1. The monoisotopic (exact) mass is 324 g/mol. The smallest absolute Gasteiger partial charge is 0.310 e. The Labute approximate surface area is 130 Å². The average molecular weight is 325 g/mol. The molecule has 1 saturated heterocycles. The molecule has 1 aromatic heterocycles. The van der Waals surface area contributed by atoms with Crippen LogP contribution in [-0.4, -0.2) is 36.1 Å². The fourth-order valence-electron chi connectivity index (χ4n) is 2.45. The van der Waals surface area contributed by atoms with E-state index in [4.69, 9.17) is 11.6 Å². The molecule has 2 heterocycles. The van der Waals surface area contributed by atoms with Crippen LogP contribution in [0.3, 0.4) is 0 Å². The topological polar surface area (TPSA) is 62.5 Å². The molecular formula is C13H13ClN4O2S. The van der Waals surface area contributed by atoms with E-state index >= 15 is 0 Å². The minimum atomic E-state index is -0.412. The van der Waals surface area contributed by atoms with Gasteiger partial charge >= 0.3 is 5.69 Å². The number of hydrogen-bond donors (Lipinski definition) is 0. The lowest BCUT2D eigenvalue weighted by Crippen LogP contribution is -2.46. The van der Waals surface area contributed by atoms with Crippen LogP contribution < -0.4 is 9.80 Å². The third-order valence-corrected chi connectivity index (χ3v) is 4.60. The van der Waals surface area contributed by atoms with Gasteiger partial charge in [0.05, 0.1) is 4.92 Å². The summed E-state index contributed by atoms with van der Waals surface area (Å²) < 4.78 is 0. The number of nitro groups is 1. The molecule has 0 atom stereocenters. The van der Waals surface area contributed by atoms with Crippen LogP contribution in [0.1, 0.15) is 0 Å². The van der Waals surface area contributed by atoms with E-state index in [2.05, 4.69) is 9.88 Å². The third kappa shape index (κ3) is 2.79. The molecule has 0 unspecified atom stereocenters. The van der Waals surface area contributed by atoms with Gasteiger partial charge in [0.25, 0.3) is 0 Å². The normalized spacial score (nSPS) is 15.3. The Morgan fingerprint density at radius 1 is 1.24 bits per heavy atom. The number of hydrogen-bond acceptors (Lipinski definition) is 6. The van der Waals surface area contributed by atoms with Crippen molar-refractivity contribution in [3.8, 4) is 0 Å². The van der Waals surface area contributed by atoms with Crippen LogP contribution in [0.15, 0.2) is 29.8 Å². The summed E-state index contributed by atoms with van der Waals surface area (Å²) in [4.78, 5) is 19.3. The first-order chi connectivity index (χ1) is 10.2. The quantitative estimate of drug-likeness (QED) is 0.641. The molecule has 21 heavy (non-hydrogen) atoms. The highest BCUT2D eigenvalue weighted by molar-refractivity contribution is 7.13. The lowest BCUT2D eigenvalue weighted by molar-refractivity contribution is -0.384. The van der Waals surface area contributed by atoms with E-state index in [-0.39, 0.29) is 10.7 Å². The first kappa shape index (κ1) is 14.1.